The summed E-state index contributed by atoms with van der Waals surface area (Å²) in [5, 5.41) is 14.0. The SMILES string of the molecule is CCCNC(C)c1nnnn1-c1cc(F)c(F)cc1F. The maximum absolute atomic E-state index is 13.7. The van der Waals surface area contributed by atoms with E-state index >= 15 is 0 Å². The number of nitrogens with zero attached hydrogens (tertiary/aromatic N) is 4. The zero-order chi connectivity index (χ0) is 14.7. The highest BCUT2D eigenvalue weighted by molar-refractivity contribution is 5.34. The summed E-state index contributed by atoms with van der Waals surface area (Å²) >= 11 is 0. The molecule has 0 aliphatic carbocycles. The van der Waals surface area contributed by atoms with Crippen LogP contribution in [-0.4, -0.2) is 26.8 Å². The Labute approximate surface area is 113 Å². The second-order valence-corrected chi connectivity index (χ2v) is 4.34. The Balaban J connectivity index is 2.39. The van der Waals surface area contributed by atoms with Crippen LogP contribution in [0.4, 0.5) is 13.2 Å². The number of tetrazole rings is 1. The van der Waals surface area contributed by atoms with Crippen molar-refractivity contribution in [2.24, 2.45) is 0 Å². The Morgan fingerprint density at radius 1 is 1.20 bits per heavy atom. The van der Waals surface area contributed by atoms with Crippen LogP contribution in [0.25, 0.3) is 5.69 Å². The number of benzene rings is 1. The largest absolute Gasteiger partial charge is 0.307 e. The van der Waals surface area contributed by atoms with Crippen LogP contribution >= 0.6 is 0 Å². The number of rotatable bonds is 5. The van der Waals surface area contributed by atoms with Crippen LogP contribution in [0.2, 0.25) is 0 Å². The van der Waals surface area contributed by atoms with Crippen molar-refractivity contribution in [3.05, 3.63) is 35.4 Å². The summed E-state index contributed by atoms with van der Waals surface area (Å²) in [6.07, 6.45) is 0.908. The Kier molecular flexibility index (Phi) is 4.33. The van der Waals surface area contributed by atoms with Crippen molar-refractivity contribution in [1.82, 2.24) is 25.5 Å². The van der Waals surface area contributed by atoms with Gasteiger partial charge in [0, 0.05) is 12.1 Å². The predicted octanol–water partition coefficient (Wildman–Crippen LogP) is 2.14. The first-order valence-electron chi connectivity index (χ1n) is 6.21. The Morgan fingerprint density at radius 3 is 2.60 bits per heavy atom. The summed E-state index contributed by atoms with van der Waals surface area (Å²) in [5.41, 5.74) is -0.228. The van der Waals surface area contributed by atoms with E-state index in [-0.39, 0.29) is 11.7 Å². The van der Waals surface area contributed by atoms with E-state index in [2.05, 4.69) is 20.8 Å². The fourth-order valence-corrected chi connectivity index (χ4v) is 1.76. The lowest BCUT2D eigenvalue weighted by Crippen LogP contribution is -2.23. The van der Waals surface area contributed by atoms with E-state index in [0.717, 1.165) is 23.7 Å². The normalized spacial score (nSPS) is 12.7. The molecular weight excluding hydrogens is 271 g/mol. The minimum absolute atomic E-state index is 0.228. The molecule has 2 aromatic rings. The lowest BCUT2D eigenvalue weighted by atomic mass is 10.2. The molecule has 0 aliphatic rings. The zero-order valence-corrected chi connectivity index (χ0v) is 11.1. The molecule has 8 heteroatoms. The lowest BCUT2D eigenvalue weighted by molar-refractivity contribution is 0.486. The standard InChI is InChI=1S/C12H14F3N5/c1-3-4-16-7(2)12-17-18-19-20(12)11-6-9(14)8(13)5-10(11)15/h5-7,16H,3-4H2,1-2H3. The van der Waals surface area contributed by atoms with Crippen molar-refractivity contribution >= 4 is 0 Å². The van der Waals surface area contributed by atoms with Gasteiger partial charge in [0.1, 0.15) is 5.69 Å². The third kappa shape index (κ3) is 2.79. The molecule has 0 saturated heterocycles. The maximum atomic E-state index is 13.7. The van der Waals surface area contributed by atoms with E-state index in [0.29, 0.717) is 11.9 Å². The van der Waals surface area contributed by atoms with Crippen molar-refractivity contribution in [2.45, 2.75) is 26.3 Å². The summed E-state index contributed by atoms with van der Waals surface area (Å²) in [7, 11) is 0. The predicted molar refractivity (Wildman–Crippen MR) is 65.7 cm³/mol. The second-order valence-electron chi connectivity index (χ2n) is 4.34. The molecule has 108 valence electrons. The molecule has 0 amide bonds. The molecule has 0 spiro atoms. The molecule has 0 saturated carbocycles. The molecule has 20 heavy (non-hydrogen) atoms. The molecule has 5 nitrogen and oxygen atoms in total. The first kappa shape index (κ1) is 14.4. The zero-order valence-electron chi connectivity index (χ0n) is 11.1. The molecule has 1 atom stereocenters. The number of halogens is 3. The Hall–Kier alpha value is -1.96. The molecule has 1 unspecified atom stereocenters. The minimum Gasteiger partial charge on any atom is -0.307 e. The van der Waals surface area contributed by atoms with Crippen molar-refractivity contribution in [3.63, 3.8) is 0 Å². The van der Waals surface area contributed by atoms with Gasteiger partial charge in [0.25, 0.3) is 0 Å². The van der Waals surface area contributed by atoms with Crippen LogP contribution in [0.15, 0.2) is 12.1 Å². The molecule has 0 fully saturated rings. The molecular formula is C12H14F3N5. The van der Waals surface area contributed by atoms with Crippen molar-refractivity contribution in [1.29, 1.82) is 0 Å². The maximum Gasteiger partial charge on any atom is 0.173 e. The summed E-state index contributed by atoms with van der Waals surface area (Å²) < 4.78 is 41.0. The number of hydrogen-bond donors (Lipinski definition) is 1. The third-order valence-electron chi connectivity index (χ3n) is 2.80. The molecule has 2 rings (SSSR count). The molecule has 1 N–H and O–H groups in total. The summed E-state index contributed by atoms with van der Waals surface area (Å²) in [4.78, 5) is 0. The number of aromatic nitrogens is 4. The topological polar surface area (TPSA) is 55.6 Å². The van der Waals surface area contributed by atoms with Crippen LogP contribution in [0.5, 0.6) is 0 Å². The first-order valence-corrected chi connectivity index (χ1v) is 6.21. The first-order chi connectivity index (χ1) is 9.54. The van der Waals surface area contributed by atoms with Gasteiger partial charge in [-0.15, -0.1) is 5.10 Å². The third-order valence-corrected chi connectivity index (χ3v) is 2.80. The quantitative estimate of drug-likeness (QED) is 0.855. The van der Waals surface area contributed by atoms with E-state index in [1.54, 1.807) is 6.92 Å². The Bertz CT molecular complexity index is 599. The van der Waals surface area contributed by atoms with Gasteiger partial charge in [-0.1, -0.05) is 6.92 Å². The van der Waals surface area contributed by atoms with Gasteiger partial charge in [-0.25, -0.2) is 13.2 Å². The van der Waals surface area contributed by atoms with E-state index in [1.807, 2.05) is 6.92 Å². The molecule has 1 aromatic heterocycles. The lowest BCUT2D eigenvalue weighted by Gasteiger charge is -2.13. The highest BCUT2D eigenvalue weighted by Crippen LogP contribution is 2.20. The van der Waals surface area contributed by atoms with Gasteiger partial charge in [-0.3, -0.25) is 0 Å². The van der Waals surface area contributed by atoms with Crippen LogP contribution < -0.4 is 5.32 Å². The smallest absolute Gasteiger partial charge is 0.173 e. The molecule has 1 aromatic carbocycles. The van der Waals surface area contributed by atoms with Crippen molar-refractivity contribution in [3.8, 4) is 5.69 Å². The average molecular weight is 285 g/mol. The summed E-state index contributed by atoms with van der Waals surface area (Å²) in [6.45, 7) is 4.53. The van der Waals surface area contributed by atoms with Gasteiger partial charge >= 0.3 is 0 Å². The van der Waals surface area contributed by atoms with Crippen molar-refractivity contribution in [2.75, 3.05) is 6.54 Å². The molecule has 0 radical (unpaired) electrons. The van der Waals surface area contributed by atoms with Crippen LogP contribution in [0.1, 0.15) is 32.1 Å². The van der Waals surface area contributed by atoms with E-state index in [9.17, 15) is 13.2 Å². The molecule has 0 aliphatic heterocycles. The van der Waals surface area contributed by atoms with Crippen LogP contribution in [0, 0.1) is 17.5 Å². The highest BCUT2D eigenvalue weighted by Gasteiger charge is 2.19. The van der Waals surface area contributed by atoms with Crippen LogP contribution in [-0.2, 0) is 0 Å². The monoisotopic (exact) mass is 285 g/mol. The average Bonchev–Trinajstić information content (AvgIpc) is 2.89. The number of nitrogens with one attached hydrogen (secondary N) is 1. The van der Waals surface area contributed by atoms with E-state index in [1.165, 1.54) is 0 Å². The van der Waals surface area contributed by atoms with Gasteiger partial charge < -0.3 is 5.32 Å². The van der Waals surface area contributed by atoms with Crippen molar-refractivity contribution < 1.29 is 13.2 Å². The summed E-state index contributed by atoms with van der Waals surface area (Å²) in [5.74, 6) is -3.02. The Morgan fingerprint density at radius 2 is 1.90 bits per heavy atom. The highest BCUT2D eigenvalue weighted by atomic mass is 19.2. The second kappa shape index (κ2) is 6.00. The minimum atomic E-state index is -1.25. The van der Waals surface area contributed by atoms with E-state index in [4.69, 9.17) is 0 Å². The van der Waals surface area contributed by atoms with Gasteiger partial charge in [-0.05, 0) is 30.3 Å². The number of hydrogen-bond acceptors (Lipinski definition) is 4. The fourth-order valence-electron chi connectivity index (χ4n) is 1.76. The van der Waals surface area contributed by atoms with E-state index < -0.39 is 17.5 Å². The van der Waals surface area contributed by atoms with Crippen LogP contribution in [0.3, 0.4) is 0 Å². The molecule has 1 heterocycles. The fraction of sp³-hybridized carbons (Fsp3) is 0.417. The van der Waals surface area contributed by atoms with Gasteiger partial charge in [-0.2, -0.15) is 4.68 Å². The summed E-state index contributed by atoms with van der Waals surface area (Å²) in [6, 6.07) is 0.953. The van der Waals surface area contributed by atoms with Gasteiger partial charge in [0.05, 0.1) is 6.04 Å². The van der Waals surface area contributed by atoms with Gasteiger partial charge in [0.15, 0.2) is 23.3 Å². The molecule has 0 bridgehead atoms. The van der Waals surface area contributed by atoms with Gasteiger partial charge in [0.2, 0.25) is 0 Å².